The quantitative estimate of drug-likeness (QED) is 0.611. The van der Waals surface area contributed by atoms with Crippen molar-refractivity contribution in [2.24, 2.45) is 4.99 Å². The molecule has 0 amide bonds. The van der Waals surface area contributed by atoms with Crippen LogP contribution in [0.5, 0.6) is 0 Å². The van der Waals surface area contributed by atoms with Crippen molar-refractivity contribution in [3.63, 3.8) is 0 Å². The van der Waals surface area contributed by atoms with Crippen LogP contribution in [0.4, 0.5) is 0 Å². The molecule has 1 aromatic carbocycles. The Morgan fingerprint density at radius 2 is 1.96 bits per heavy atom. The molecule has 1 fully saturated rings. The molecule has 28 heavy (non-hydrogen) atoms. The summed E-state index contributed by atoms with van der Waals surface area (Å²) in [6.45, 7) is 9.70. The van der Waals surface area contributed by atoms with Crippen LogP contribution in [0.1, 0.15) is 38.3 Å². The number of aliphatic imine (C=N–C) groups is 1. The smallest absolute Gasteiger partial charge is 0.193 e. The molecule has 2 aliphatic rings. The van der Waals surface area contributed by atoms with Gasteiger partial charge < -0.3 is 10.2 Å². The predicted octanol–water partition coefficient (Wildman–Crippen LogP) is 1.91. The number of fused-ring (bicyclic) bond motifs is 1. The highest BCUT2D eigenvalue weighted by atomic mass is 32.2. The van der Waals surface area contributed by atoms with Crippen LogP contribution in [0, 0.1) is 0 Å². The second kappa shape index (κ2) is 8.41. The molecule has 1 atom stereocenters. The molecule has 2 aliphatic heterocycles. The van der Waals surface area contributed by atoms with Gasteiger partial charge in [-0.15, -0.1) is 0 Å². The second-order valence-corrected chi connectivity index (χ2v) is 11.2. The molecule has 0 aliphatic carbocycles. The van der Waals surface area contributed by atoms with Gasteiger partial charge in [0.15, 0.2) is 15.8 Å². The van der Waals surface area contributed by atoms with Gasteiger partial charge in [-0.25, -0.2) is 8.42 Å². The average molecular weight is 407 g/mol. The topological polar surface area (TPSA) is 65.0 Å². The molecular formula is C21H34N4O2S. The van der Waals surface area contributed by atoms with Crippen LogP contribution in [0.2, 0.25) is 0 Å². The van der Waals surface area contributed by atoms with E-state index in [1.165, 1.54) is 11.1 Å². The molecule has 0 aromatic heterocycles. The molecule has 0 saturated carbocycles. The first-order valence-electron chi connectivity index (χ1n) is 10.3. The fraction of sp³-hybridized carbons (Fsp3) is 0.667. The Morgan fingerprint density at radius 3 is 2.61 bits per heavy atom. The summed E-state index contributed by atoms with van der Waals surface area (Å²) in [4.78, 5) is 9.06. The maximum absolute atomic E-state index is 12.3. The van der Waals surface area contributed by atoms with Crippen LogP contribution in [0.3, 0.4) is 0 Å². The van der Waals surface area contributed by atoms with E-state index in [2.05, 4.69) is 51.3 Å². The lowest BCUT2D eigenvalue weighted by molar-refractivity contribution is 0.173. The Labute approximate surface area is 169 Å². The lowest BCUT2D eigenvalue weighted by Crippen LogP contribution is -2.58. The minimum atomic E-state index is -3.05. The van der Waals surface area contributed by atoms with Crippen LogP contribution in [-0.4, -0.2) is 73.9 Å². The molecule has 0 bridgehead atoms. The summed E-state index contributed by atoms with van der Waals surface area (Å²) in [6.07, 6.45) is 2.16. The number of benzene rings is 1. The first kappa shape index (κ1) is 21.1. The summed E-state index contributed by atoms with van der Waals surface area (Å²) in [5.74, 6) is 0.986. The van der Waals surface area contributed by atoms with Crippen molar-refractivity contribution >= 4 is 15.8 Å². The van der Waals surface area contributed by atoms with Crippen LogP contribution < -0.4 is 5.32 Å². The zero-order valence-corrected chi connectivity index (χ0v) is 18.4. The maximum atomic E-state index is 12.3. The van der Waals surface area contributed by atoms with E-state index in [9.17, 15) is 8.42 Å². The van der Waals surface area contributed by atoms with Gasteiger partial charge >= 0.3 is 0 Å². The van der Waals surface area contributed by atoms with Crippen LogP contribution in [-0.2, 0) is 22.8 Å². The Kier molecular flexibility index (Phi) is 6.34. The van der Waals surface area contributed by atoms with E-state index < -0.39 is 14.6 Å². The van der Waals surface area contributed by atoms with E-state index in [1.807, 2.05) is 13.8 Å². The van der Waals surface area contributed by atoms with Crippen molar-refractivity contribution in [2.75, 3.05) is 39.0 Å². The Hall–Kier alpha value is -1.60. The minimum absolute atomic E-state index is 0.181. The number of hydrogen-bond donors (Lipinski definition) is 1. The highest BCUT2D eigenvalue weighted by Gasteiger charge is 2.41. The van der Waals surface area contributed by atoms with Gasteiger partial charge in [0, 0.05) is 45.8 Å². The number of rotatable bonds is 4. The number of nitrogens with zero attached hydrogens (tertiary/aromatic N) is 3. The Bertz CT molecular complexity index is 819. The van der Waals surface area contributed by atoms with E-state index in [0.717, 1.165) is 38.4 Å². The van der Waals surface area contributed by atoms with E-state index in [1.54, 1.807) is 7.05 Å². The van der Waals surface area contributed by atoms with Gasteiger partial charge in [-0.05, 0) is 37.8 Å². The average Bonchev–Trinajstić information content (AvgIpc) is 2.67. The van der Waals surface area contributed by atoms with E-state index in [-0.39, 0.29) is 5.75 Å². The van der Waals surface area contributed by atoms with E-state index in [4.69, 9.17) is 0 Å². The standard InChI is InChI=1S/C21H34N4O2S/c1-5-19(24-11-10-17-8-6-7-9-18(17)15-24)14-23-20(22-4)25-12-13-28(26,27)21(2,3)16-25/h6-9,19H,5,10-16H2,1-4H3,(H,22,23). The number of nitrogens with one attached hydrogen (secondary N) is 1. The fourth-order valence-corrected chi connectivity index (χ4v) is 5.59. The van der Waals surface area contributed by atoms with Gasteiger partial charge in [0.2, 0.25) is 0 Å². The SMILES string of the molecule is CCC(CNC(=NC)N1CCS(=O)(=O)C(C)(C)C1)N1CCc2ccccc2C1. The molecule has 1 N–H and O–H groups in total. The Morgan fingerprint density at radius 1 is 1.25 bits per heavy atom. The summed E-state index contributed by atoms with van der Waals surface area (Å²) >= 11 is 0. The summed E-state index contributed by atoms with van der Waals surface area (Å²) in [5, 5.41) is 3.52. The van der Waals surface area contributed by atoms with Crippen LogP contribution in [0.25, 0.3) is 0 Å². The third kappa shape index (κ3) is 4.35. The van der Waals surface area contributed by atoms with Gasteiger partial charge in [0.05, 0.1) is 10.5 Å². The molecule has 1 saturated heterocycles. The third-order valence-electron chi connectivity index (χ3n) is 6.20. The van der Waals surface area contributed by atoms with Crippen molar-refractivity contribution in [3.8, 4) is 0 Å². The summed E-state index contributed by atoms with van der Waals surface area (Å²) in [5.41, 5.74) is 2.90. The molecule has 3 rings (SSSR count). The highest BCUT2D eigenvalue weighted by Crippen LogP contribution is 2.24. The van der Waals surface area contributed by atoms with Gasteiger partial charge in [0.1, 0.15) is 0 Å². The molecule has 1 aromatic rings. The first-order chi connectivity index (χ1) is 13.3. The minimum Gasteiger partial charge on any atom is -0.355 e. The van der Waals surface area contributed by atoms with Crippen molar-refractivity contribution in [3.05, 3.63) is 35.4 Å². The normalized spacial score (nSPS) is 23.1. The van der Waals surface area contributed by atoms with E-state index in [0.29, 0.717) is 19.1 Å². The van der Waals surface area contributed by atoms with Gasteiger partial charge in [0.25, 0.3) is 0 Å². The third-order valence-corrected chi connectivity index (χ3v) is 8.73. The lowest BCUT2D eigenvalue weighted by atomic mass is 9.98. The van der Waals surface area contributed by atoms with E-state index >= 15 is 0 Å². The second-order valence-electron chi connectivity index (χ2n) is 8.48. The molecule has 156 valence electrons. The molecule has 1 unspecified atom stereocenters. The van der Waals surface area contributed by atoms with Crippen LogP contribution in [0.15, 0.2) is 29.3 Å². The molecule has 0 radical (unpaired) electrons. The monoisotopic (exact) mass is 406 g/mol. The fourth-order valence-electron chi connectivity index (χ4n) is 4.23. The summed E-state index contributed by atoms with van der Waals surface area (Å²) < 4.78 is 23.8. The largest absolute Gasteiger partial charge is 0.355 e. The van der Waals surface area contributed by atoms with Gasteiger partial charge in [-0.3, -0.25) is 9.89 Å². The summed E-state index contributed by atoms with van der Waals surface area (Å²) in [7, 11) is -1.28. The van der Waals surface area contributed by atoms with Crippen molar-refractivity contribution < 1.29 is 8.42 Å². The predicted molar refractivity (Wildman–Crippen MR) is 115 cm³/mol. The molecule has 6 nitrogen and oxygen atoms in total. The Balaban J connectivity index is 1.61. The number of hydrogen-bond acceptors (Lipinski definition) is 4. The maximum Gasteiger partial charge on any atom is 0.193 e. The van der Waals surface area contributed by atoms with Gasteiger partial charge in [-0.1, -0.05) is 31.2 Å². The number of guanidine groups is 1. The highest BCUT2D eigenvalue weighted by molar-refractivity contribution is 7.92. The van der Waals surface area contributed by atoms with Crippen molar-refractivity contribution in [1.82, 2.24) is 15.1 Å². The molecule has 2 heterocycles. The lowest BCUT2D eigenvalue weighted by Gasteiger charge is -2.40. The zero-order valence-electron chi connectivity index (χ0n) is 17.6. The molecule has 7 heteroatoms. The molecular weight excluding hydrogens is 372 g/mol. The number of sulfone groups is 1. The van der Waals surface area contributed by atoms with Crippen molar-refractivity contribution in [1.29, 1.82) is 0 Å². The van der Waals surface area contributed by atoms with Gasteiger partial charge in [-0.2, -0.15) is 0 Å². The first-order valence-corrected chi connectivity index (χ1v) is 11.9. The van der Waals surface area contributed by atoms with Crippen LogP contribution >= 0.6 is 0 Å². The zero-order chi connectivity index (χ0) is 20.4. The molecule has 0 spiro atoms. The van der Waals surface area contributed by atoms with Crippen molar-refractivity contribution in [2.45, 2.75) is 50.9 Å². The summed E-state index contributed by atoms with van der Waals surface area (Å²) in [6, 6.07) is 9.14.